The Morgan fingerprint density at radius 2 is 1.88 bits per heavy atom. The lowest BCUT2D eigenvalue weighted by atomic mass is 9.73. The van der Waals surface area contributed by atoms with Gasteiger partial charge >= 0.3 is 6.09 Å². The number of rotatable bonds is 6. The molecule has 2 fully saturated rings. The first-order valence-corrected chi connectivity index (χ1v) is 10.2. The monoisotopic (exact) mass is 359 g/mol. The average Bonchev–Trinajstić information content (AvgIpc) is 2.59. The summed E-state index contributed by atoms with van der Waals surface area (Å²) in [6, 6.07) is 10.0. The van der Waals surface area contributed by atoms with Crippen LogP contribution in [0.5, 0.6) is 0 Å². The lowest BCUT2D eigenvalue weighted by Crippen LogP contribution is -2.59. The molecule has 2 heterocycles. The van der Waals surface area contributed by atoms with Crippen LogP contribution in [0.1, 0.15) is 70.8 Å². The molecule has 2 aliphatic rings. The molecule has 0 aliphatic carbocycles. The summed E-state index contributed by atoms with van der Waals surface area (Å²) >= 11 is 0. The summed E-state index contributed by atoms with van der Waals surface area (Å²) in [4.78, 5) is 14.7. The fourth-order valence-electron chi connectivity index (χ4n) is 4.66. The molecule has 1 aromatic rings. The Balaban J connectivity index is 1.58. The molecule has 2 unspecified atom stereocenters. The van der Waals surface area contributed by atoms with Crippen molar-refractivity contribution in [2.75, 3.05) is 0 Å². The molecule has 0 saturated carbocycles. The maximum atomic E-state index is 12.7. The topological polar surface area (TPSA) is 49.8 Å². The Hall–Kier alpha value is -1.55. The number of benzene rings is 1. The van der Waals surface area contributed by atoms with Gasteiger partial charge in [0.05, 0.1) is 5.60 Å². The van der Waals surface area contributed by atoms with E-state index >= 15 is 0 Å². The Morgan fingerprint density at radius 3 is 2.50 bits per heavy atom. The van der Waals surface area contributed by atoms with Gasteiger partial charge in [-0.2, -0.15) is 0 Å². The molecule has 144 valence electrons. The van der Waals surface area contributed by atoms with Crippen LogP contribution in [0, 0.1) is 5.92 Å². The van der Waals surface area contributed by atoms with Crippen LogP contribution in [0.25, 0.3) is 0 Å². The molecule has 4 heteroatoms. The molecule has 2 saturated heterocycles. The van der Waals surface area contributed by atoms with Gasteiger partial charge in [-0.1, -0.05) is 57.0 Å². The summed E-state index contributed by atoms with van der Waals surface area (Å²) in [6.07, 6.45) is 7.33. The minimum absolute atomic E-state index is 0.120. The van der Waals surface area contributed by atoms with Gasteiger partial charge in [0.2, 0.25) is 0 Å². The van der Waals surface area contributed by atoms with Crippen LogP contribution in [-0.4, -0.2) is 33.8 Å². The SMILES string of the molecule is CC(C)CCCC1(O)CC2CCCC(C1)N2C(=O)OCc1ccccc1. The molecule has 0 aromatic heterocycles. The third kappa shape index (κ3) is 4.79. The number of carbonyl (C=O) groups is 1. The first-order valence-electron chi connectivity index (χ1n) is 10.2. The van der Waals surface area contributed by atoms with E-state index < -0.39 is 5.60 Å². The van der Waals surface area contributed by atoms with Gasteiger partial charge in [0.15, 0.2) is 0 Å². The largest absolute Gasteiger partial charge is 0.445 e. The maximum Gasteiger partial charge on any atom is 0.410 e. The standard InChI is InChI=1S/C22H33NO3/c1-17(2)8-7-13-22(25)14-19-11-6-12-20(15-22)23(19)21(24)26-16-18-9-4-3-5-10-18/h3-5,9-10,17,19-20,25H,6-8,11-16H2,1-2H3. The number of nitrogens with zero attached hydrogens (tertiary/aromatic N) is 1. The highest BCUT2D eigenvalue weighted by atomic mass is 16.6. The predicted octanol–water partition coefficient (Wildman–Crippen LogP) is 4.90. The van der Waals surface area contributed by atoms with E-state index in [1.54, 1.807) is 0 Å². The molecule has 0 radical (unpaired) electrons. The highest BCUT2D eigenvalue weighted by Gasteiger charge is 2.47. The first kappa shape index (κ1) is 19.2. The molecule has 26 heavy (non-hydrogen) atoms. The van der Waals surface area contributed by atoms with Crippen molar-refractivity contribution in [2.45, 2.75) is 89.5 Å². The molecule has 1 amide bonds. The highest BCUT2D eigenvalue weighted by Crippen LogP contribution is 2.42. The maximum absolute atomic E-state index is 12.7. The number of carbonyl (C=O) groups excluding carboxylic acids is 1. The Morgan fingerprint density at radius 1 is 1.23 bits per heavy atom. The predicted molar refractivity (Wildman–Crippen MR) is 103 cm³/mol. The molecule has 2 aliphatic heterocycles. The molecule has 3 rings (SSSR count). The van der Waals surface area contributed by atoms with Crippen LogP contribution in [0.2, 0.25) is 0 Å². The minimum Gasteiger partial charge on any atom is -0.445 e. The Kier molecular flexibility index (Phi) is 6.23. The number of hydrogen-bond acceptors (Lipinski definition) is 3. The van der Waals surface area contributed by atoms with Gasteiger partial charge in [-0.05, 0) is 50.0 Å². The van der Waals surface area contributed by atoms with Gasteiger partial charge in [0.1, 0.15) is 6.61 Å². The molecule has 4 nitrogen and oxygen atoms in total. The van der Waals surface area contributed by atoms with Crippen LogP contribution in [0.15, 0.2) is 30.3 Å². The summed E-state index contributed by atoms with van der Waals surface area (Å²) in [6.45, 7) is 4.77. The van der Waals surface area contributed by atoms with E-state index in [0.29, 0.717) is 25.4 Å². The fourth-order valence-corrected chi connectivity index (χ4v) is 4.66. The second-order valence-electron chi connectivity index (χ2n) is 8.60. The van der Waals surface area contributed by atoms with Crippen molar-refractivity contribution in [3.63, 3.8) is 0 Å². The summed E-state index contributed by atoms with van der Waals surface area (Å²) in [5, 5.41) is 11.1. The van der Waals surface area contributed by atoms with Crippen LogP contribution in [0.4, 0.5) is 4.79 Å². The van der Waals surface area contributed by atoms with Crippen molar-refractivity contribution in [3.8, 4) is 0 Å². The van der Waals surface area contributed by atoms with Crippen LogP contribution >= 0.6 is 0 Å². The molecule has 2 atom stereocenters. The molecule has 1 aromatic carbocycles. The highest BCUT2D eigenvalue weighted by molar-refractivity contribution is 5.69. The van der Waals surface area contributed by atoms with Crippen LogP contribution in [0.3, 0.4) is 0 Å². The van der Waals surface area contributed by atoms with Gasteiger partial charge in [0, 0.05) is 12.1 Å². The lowest BCUT2D eigenvalue weighted by molar-refractivity contribution is -0.0901. The quantitative estimate of drug-likeness (QED) is 0.786. The van der Waals surface area contributed by atoms with E-state index in [2.05, 4.69) is 13.8 Å². The second kappa shape index (κ2) is 8.43. The van der Waals surface area contributed by atoms with Crippen molar-refractivity contribution >= 4 is 6.09 Å². The second-order valence-corrected chi connectivity index (χ2v) is 8.60. The number of aliphatic hydroxyl groups is 1. The Bertz CT molecular complexity index is 572. The first-order chi connectivity index (χ1) is 12.5. The van der Waals surface area contributed by atoms with E-state index in [1.165, 1.54) is 0 Å². The van der Waals surface area contributed by atoms with E-state index in [0.717, 1.165) is 44.1 Å². The average molecular weight is 360 g/mol. The van der Waals surface area contributed by atoms with Crippen molar-refractivity contribution in [3.05, 3.63) is 35.9 Å². The summed E-state index contributed by atoms with van der Waals surface area (Å²) in [5.41, 5.74) is 0.397. The molecule has 0 spiro atoms. The van der Waals surface area contributed by atoms with Crippen molar-refractivity contribution in [2.24, 2.45) is 5.92 Å². The number of ether oxygens (including phenoxy) is 1. The zero-order chi connectivity index (χ0) is 18.6. The fraction of sp³-hybridized carbons (Fsp3) is 0.682. The zero-order valence-electron chi connectivity index (χ0n) is 16.2. The smallest absolute Gasteiger partial charge is 0.410 e. The molecular formula is C22H33NO3. The van der Waals surface area contributed by atoms with E-state index in [1.807, 2.05) is 35.2 Å². The minimum atomic E-state index is -0.610. The van der Waals surface area contributed by atoms with Gasteiger partial charge in [-0.15, -0.1) is 0 Å². The van der Waals surface area contributed by atoms with Gasteiger partial charge < -0.3 is 14.7 Å². The van der Waals surface area contributed by atoms with E-state index in [9.17, 15) is 9.90 Å². The van der Waals surface area contributed by atoms with Crippen molar-refractivity contribution in [1.82, 2.24) is 4.90 Å². The van der Waals surface area contributed by atoms with Crippen molar-refractivity contribution in [1.29, 1.82) is 0 Å². The molecular weight excluding hydrogens is 326 g/mol. The third-order valence-electron chi connectivity index (χ3n) is 5.93. The van der Waals surface area contributed by atoms with E-state index in [-0.39, 0.29) is 18.2 Å². The summed E-state index contributed by atoms with van der Waals surface area (Å²) < 4.78 is 5.59. The number of amides is 1. The third-order valence-corrected chi connectivity index (χ3v) is 5.93. The summed E-state index contributed by atoms with van der Waals surface area (Å²) in [5.74, 6) is 0.672. The number of fused-ring (bicyclic) bond motifs is 2. The molecule has 1 N–H and O–H groups in total. The zero-order valence-corrected chi connectivity index (χ0v) is 16.2. The molecule has 2 bridgehead atoms. The van der Waals surface area contributed by atoms with Gasteiger partial charge in [-0.25, -0.2) is 4.79 Å². The Labute approximate surface area is 157 Å². The van der Waals surface area contributed by atoms with Crippen LogP contribution in [-0.2, 0) is 11.3 Å². The lowest BCUT2D eigenvalue weighted by Gasteiger charge is -2.51. The van der Waals surface area contributed by atoms with Crippen molar-refractivity contribution < 1.29 is 14.6 Å². The van der Waals surface area contributed by atoms with Gasteiger partial charge in [-0.3, -0.25) is 0 Å². The van der Waals surface area contributed by atoms with E-state index in [4.69, 9.17) is 4.74 Å². The number of hydrogen-bond donors (Lipinski definition) is 1. The number of piperidine rings is 2. The van der Waals surface area contributed by atoms with Gasteiger partial charge in [0.25, 0.3) is 0 Å². The normalized spacial score (nSPS) is 28.2. The summed E-state index contributed by atoms with van der Waals surface area (Å²) in [7, 11) is 0. The van der Waals surface area contributed by atoms with Crippen LogP contribution < -0.4 is 0 Å².